The molecule has 0 spiro atoms. The summed E-state index contributed by atoms with van der Waals surface area (Å²) >= 11 is 0. The first-order valence-electron chi connectivity index (χ1n) is 9.67. The van der Waals surface area contributed by atoms with Crippen molar-refractivity contribution in [3.63, 3.8) is 0 Å². The van der Waals surface area contributed by atoms with E-state index < -0.39 is 0 Å². The van der Waals surface area contributed by atoms with Gasteiger partial charge in [-0.1, -0.05) is 19.4 Å². The first-order chi connectivity index (χ1) is 13.7. The van der Waals surface area contributed by atoms with Crippen LogP contribution in [0.3, 0.4) is 0 Å². The number of nitrogens with zero attached hydrogens (tertiary/aromatic N) is 5. The molecule has 1 aliphatic rings. The highest BCUT2D eigenvalue weighted by Crippen LogP contribution is 2.40. The van der Waals surface area contributed by atoms with Gasteiger partial charge < -0.3 is 14.2 Å². The molecule has 0 fully saturated rings. The van der Waals surface area contributed by atoms with Gasteiger partial charge in [-0.3, -0.25) is 4.90 Å². The number of aromatic nitrogens is 4. The smallest absolute Gasteiger partial charge is 0.165 e. The first kappa shape index (κ1) is 20.1. The van der Waals surface area contributed by atoms with Gasteiger partial charge in [0.05, 0.1) is 33.4 Å². The Morgan fingerprint density at radius 2 is 1.82 bits per heavy atom. The largest absolute Gasteiger partial charge is 0.496 e. The Labute approximate surface area is 166 Å². The molecule has 28 heavy (non-hydrogen) atoms. The lowest BCUT2D eigenvalue weighted by Crippen LogP contribution is -2.29. The van der Waals surface area contributed by atoms with Gasteiger partial charge >= 0.3 is 0 Å². The van der Waals surface area contributed by atoms with E-state index in [1.807, 2.05) is 16.8 Å². The fourth-order valence-corrected chi connectivity index (χ4v) is 3.42. The molecule has 0 unspecified atom stereocenters. The summed E-state index contributed by atoms with van der Waals surface area (Å²) in [4.78, 5) is 2.35. The molecule has 0 radical (unpaired) electrons. The minimum Gasteiger partial charge on any atom is -0.496 e. The Kier molecular flexibility index (Phi) is 6.86. The van der Waals surface area contributed by atoms with Gasteiger partial charge in [0, 0.05) is 31.8 Å². The Hall–Kier alpha value is -2.61. The van der Waals surface area contributed by atoms with Gasteiger partial charge in [0.25, 0.3) is 0 Å². The summed E-state index contributed by atoms with van der Waals surface area (Å²) in [6.07, 6.45) is 5.34. The van der Waals surface area contributed by atoms with Crippen LogP contribution in [0.2, 0.25) is 0 Å². The Balaban J connectivity index is 1.75. The molecule has 0 atom stereocenters. The maximum atomic E-state index is 5.60. The molecule has 2 aromatic rings. The van der Waals surface area contributed by atoms with Crippen LogP contribution in [-0.4, -0.2) is 59.5 Å². The monoisotopic (exact) mass is 387 g/mol. The van der Waals surface area contributed by atoms with Crippen LogP contribution in [-0.2, 0) is 13.1 Å². The van der Waals surface area contributed by atoms with Crippen LogP contribution in [0.4, 0.5) is 0 Å². The zero-order valence-electron chi connectivity index (χ0n) is 17.1. The zero-order valence-corrected chi connectivity index (χ0v) is 17.1. The molecule has 3 rings (SSSR count). The van der Waals surface area contributed by atoms with Crippen LogP contribution in [0, 0.1) is 0 Å². The molecule has 8 nitrogen and oxygen atoms in total. The number of ether oxygens (including phenoxy) is 3. The second-order valence-corrected chi connectivity index (χ2v) is 6.79. The number of hydrogen-bond donors (Lipinski definition) is 0. The van der Waals surface area contributed by atoms with E-state index in [2.05, 4.69) is 33.4 Å². The summed E-state index contributed by atoms with van der Waals surface area (Å²) in [5.41, 5.74) is 2.22. The van der Waals surface area contributed by atoms with Crippen LogP contribution >= 0.6 is 0 Å². The van der Waals surface area contributed by atoms with E-state index in [4.69, 9.17) is 14.2 Å². The van der Waals surface area contributed by atoms with Crippen molar-refractivity contribution in [2.24, 2.45) is 0 Å². The second-order valence-electron chi connectivity index (χ2n) is 6.79. The number of rotatable bonds is 9. The molecule has 1 aromatic carbocycles. The second kappa shape index (κ2) is 9.54. The third kappa shape index (κ3) is 4.44. The van der Waals surface area contributed by atoms with Crippen LogP contribution in [0.5, 0.6) is 17.2 Å². The molecule has 1 aromatic heterocycles. The zero-order chi connectivity index (χ0) is 19.9. The topological polar surface area (TPSA) is 74.5 Å². The van der Waals surface area contributed by atoms with Crippen molar-refractivity contribution in [1.82, 2.24) is 25.1 Å². The average molecular weight is 387 g/mol. The third-order valence-corrected chi connectivity index (χ3v) is 5.02. The van der Waals surface area contributed by atoms with Gasteiger partial charge in [-0.15, -0.1) is 5.10 Å². The fraction of sp³-hybridized carbons (Fsp3) is 0.550. The van der Waals surface area contributed by atoms with Crippen LogP contribution < -0.4 is 14.2 Å². The van der Waals surface area contributed by atoms with Gasteiger partial charge in [-0.2, -0.15) is 0 Å². The number of methoxy groups -OCH3 is 3. The average Bonchev–Trinajstić information content (AvgIpc) is 3.18. The molecule has 152 valence electrons. The van der Waals surface area contributed by atoms with Gasteiger partial charge in [0.1, 0.15) is 17.2 Å². The van der Waals surface area contributed by atoms with E-state index in [0.717, 1.165) is 74.1 Å². The van der Waals surface area contributed by atoms with Gasteiger partial charge in [0.15, 0.2) is 5.82 Å². The number of aryl methyl sites for hydroxylation is 1. The lowest BCUT2D eigenvalue weighted by molar-refractivity contribution is 0.278. The molecular formula is C20H29N5O3. The van der Waals surface area contributed by atoms with Crippen LogP contribution in [0.25, 0.3) is 5.57 Å². The molecule has 8 heteroatoms. The number of benzene rings is 1. The SMILES string of the molecule is CCCCn1nnnc1CN1CC=C(c2c(OC)cc(OC)cc2OC)CC1. The lowest BCUT2D eigenvalue weighted by atomic mass is 9.97. The van der Waals surface area contributed by atoms with E-state index in [9.17, 15) is 0 Å². The van der Waals surface area contributed by atoms with Gasteiger partial charge in [-0.05, 0) is 28.8 Å². The van der Waals surface area contributed by atoms with E-state index >= 15 is 0 Å². The number of hydrogen-bond acceptors (Lipinski definition) is 7. The molecule has 0 amide bonds. The summed E-state index contributed by atoms with van der Waals surface area (Å²) in [5, 5.41) is 12.2. The standard InChI is InChI=1S/C20H29N5O3/c1-5-6-9-25-19(21-22-23-25)14-24-10-7-15(8-11-24)20-17(27-3)12-16(26-2)13-18(20)28-4/h7,12-13H,5-6,8-11,14H2,1-4H3. The molecule has 0 aliphatic carbocycles. The molecular weight excluding hydrogens is 358 g/mol. The van der Waals surface area contributed by atoms with E-state index in [-0.39, 0.29) is 0 Å². The molecule has 1 aliphatic heterocycles. The van der Waals surface area contributed by atoms with Crippen molar-refractivity contribution < 1.29 is 14.2 Å². The minimum atomic E-state index is 0.717. The van der Waals surface area contributed by atoms with Crippen molar-refractivity contribution >= 4 is 5.57 Å². The van der Waals surface area contributed by atoms with E-state index in [1.54, 1.807) is 21.3 Å². The predicted octanol–water partition coefficient (Wildman–Crippen LogP) is 2.79. The Morgan fingerprint density at radius 3 is 2.39 bits per heavy atom. The summed E-state index contributed by atoms with van der Waals surface area (Å²) in [5.74, 6) is 3.16. The van der Waals surface area contributed by atoms with Crippen molar-refractivity contribution in [2.45, 2.75) is 39.3 Å². The quantitative estimate of drug-likeness (QED) is 0.655. The maximum absolute atomic E-state index is 5.60. The fourth-order valence-electron chi connectivity index (χ4n) is 3.42. The van der Waals surface area contributed by atoms with Gasteiger partial charge in [0.2, 0.25) is 0 Å². The minimum absolute atomic E-state index is 0.717. The van der Waals surface area contributed by atoms with Crippen molar-refractivity contribution in [2.75, 3.05) is 34.4 Å². The van der Waals surface area contributed by atoms with Crippen LogP contribution in [0.15, 0.2) is 18.2 Å². The normalized spacial score (nSPS) is 14.6. The van der Waals surface area contributed by atoms with E-state index in [1.165, 1.54) is 5.57 Å². The molecule has 2 heterocycles. The summed E-state index contributed by atoms with van der Waals surface area (Å²) in [6, 6.07) is 3.79. The van der Waals surface area contributed by atoms with Gasteiger partial charge in [-0.25, -0.2) is 4.68 Å². The highest BCUT2D eigenvalue weighted by atomic mass is 16.5. The molecule has 0 N–H and O–H groups in total. The maximum Gasteiger partial charge on any atom is 0.165 e. The predicted molar refractivity (Wildman–Crippen MR) is 107 cm³/mol. The number of unbranched alkanes of at least 4 members (excludes halogenated alkanes) is 1. The highest BCUT2D eigenvalue weighted by Gasteiger charge is 2.22. The van der Waals surface area contributed by atoms with Crippen molar-refractivity contribution in [3.8, 4) is 17.2 Å². The first-order valence-corrected chi connectivity index (χ1v) is 9.67. The summed E-state index contributed by atoms with van der Waals surface area (Å²) in [7, 11) is 4.98. The highest BCUT2D eigenvalue weighted by molar-refractivity contribution is 5.77. The third-order valence-electron chi connectivity index (χ3n) is 5.02. The number of tetrazole rings is 1. The summed E-state index contributed by atoms with van der Waals surface area (Å²) < 4.78 is 18.5. The molecule has 0 saturated heterocycles. The van der Waals surface area contributed by atoms with Crippen molar-refractivity contribution in [3.05, 3.63) is 29.6 Å². The summed E-state index contributed by atoms with van der Waals surface area (Å²) in [6.45, 7) is 5.53. The molecule has 0 saturated carbocycles. The molecule has 0 bridgehead atoms. The van der Waals surface area contributed by atoms with Crippen molar-refractivity contribution in [1.29, 1.82) is 0 Å². The Bertz CT molecular complexity index is 793. The van der Waals surface area contributed by atoms with E-state index in [0.29, 0.717) is 0 Å². The Morgan fingerprint density at radius 1 is 1.07 bits per heavy atom. The van der Waals surface area contributed by atoms with Crippen LogP contribution in [0.1, 0.15) is 37.6 Å². The lowest BCUT2D eigenvalue weighted by Gasteiger charge is -2.27.